The van der Waals surface area contributed by atoms with Crippen LogP contribution >= 0.6 is 11.3 Å². The van der Waals surface area contributed by atoms with Crippen molar-refractivity contribution in [1.29, 1.82) is 0 Å². The van der Waals surface area contributed by atoms with Crippen LogP contribution in [0.3, 0.4) is 0 Å². The highest BCUT2D eigenvalue weighted by Gasteiger charge is 2.33. The lowest BCUT2D eigenvalue weighted by Gasteiger charge is -2.25. The highest BCUT2D eigenvalue weighted by Crippen LogP contribution is 2.36. The fourth-order valence-electron chi connectivity index (χ4n) is 4.47. The number of allylic oxidation sites excluding steroid dienone is 1. The number of aromatic nitrogens is 1. The Bertz CT molecular complexity index is 1690. The molecule has 1 aromatic heterocycles. The Hall–Kier alpha value is -4.38. The number of carbonyl (C=O) groups is 2. The summed E-state index contributed by atoms with van der Waals surface area (Å²) >= 11 is 1.21. The average molecular weight is 581 g/mol. The molecule has 41 heavy (non-hydrogen) atoms. The Balaban J connectivity index is 1.86. The Morgan fingerprint density at radius 2 is 1.73 bits per heavy atom. The van der Waals surface area contributed by atoms with Gasteiger partial charge in [-0.25, -0.2) is 9.79 Å². The van der Waals surface area contributed by atoms with Crippen LogP contribution in [0.25, 0.3) is 6.08 Å². The molecule has 0 spiro atoms. The summed E-state index contributed by atoms with van der Waals surface area (Å²) in [6.45, 7) is 5.66. The maximum absolute atomic E-state index is 13.9. The van der Waals surface area contributed by atoms with Gasteiger partial charge < -0.3 is 23.7 Å². The topological polar surface area (TPSA) is 115 Å². The van der Waals surface area contributed by atoms with Gasteiger partial charge in [0.1, 0.15) is 0 Å². The highest BCUT2D eigenvalue weighted by molar-refractivity contribution is 7.07. The lowest BCUT2D eigenvalue weighted by atomic mass is 9.95. The van der Waals surface area contributed by atoms with Crippen molar-refractivity contribution in [3.05, 3.63) is 78.5 Å². The molecule has 11 heteroatoms. The Labute approximate surface area is 241 Å². The molecule has 0 bridgehead atoms. The zero-order chi connectivity index (χ0) is 29.7. The van der Waals surface area contributed by atoms with Gasteiger partial charge in [0, 0.05) is 6.92 Å². The third-order valence-corrected chi connectivity index (χ3v) is 7.41. The highest BCUT2D eigenvalue weighted by atomic mass is 32.1. The molecule has 216 valence electrons. The number of esters is 2. The molecular weight excluding hydrogens is 548 g/mol. The number of ether oxygens (including phenoxy) is 5. The molecule has 0 N–H and O–H groups in total. The molecular formula is C30H32N2O8S. The summed E-state index contributed by atoms with van der Waals surface area (Å²) in [6, 6.07) is 9.48. The van der Waals surface area contributed by atoms with E-state index in [1.165, 1.54) is 37.0 Å². The van der Waals surface area contributed by atoms with Crippen LogP contribution in [0, 0.1) is 0 Å². The van der Waals surface area contributed by atoms with E-state index in [0.29, 0.717) is 38.7 Å². The van der Waals surface area contributed by atoms with Gasteiger partial charge in [-0.05, 0) is 54.8 Å². The number of carbonyl (C=O) groups excluding carboxylic acids is 2. The summed E-state index contributed by atoms with van der Waals surface area (Å²) in [5.41, 5.74) is 1.59. The van der Waals surface area contributed by atoms with E-state index in [4.69, 9.17) is 23.7 Å². The van der Waals surface area contributed by atoms with Crippen molar-refractivity contribution in [2.75, 3.05) is 27.9 Å². The first-order valence-corrected chi connectivity index (χ1v) is 13.8. The molecule has 2 heterocycles. The van der Waals surface area contributed by atoms with Crippen LogP contribution in [-0.2, 0) is 14.3 Å². The molecule has 0 saturated heterocycles. The summed E-state index contributed by atoms with van der Waals surface area (Å²) in [6.07, 6.45) is 3.70. The number of methoxy groups -OCH3 is 3. The number of nitrogens with zero attached hydrogens (tertiary/aromatic N) is 2. The maximum Gasteiger partial charge on any atom is 0.338 e. The van der Waals surface area contributed by atoms with Crippen LogP contribution in [0.2, 0.25) is 0 Å². The Kier molecular flexibility index (Phi) is 9.28. The largest absolute Gasteiger partial charge is 0.493 e. The molecule has 0 unspecified atom stereocenters. The van der Waals surface area contributed by atoms with E-state index >= 15 is 0 Å². The van der Waals surface area contributed by atoms with E-state index in [9.17, 15) is 14.4 Å². The Morgan fingerprint density at radius 1 is 1.02 bits per heavy atom. The van der Waals surface area contributed by atoms with Crippen LogP contribution in [0.5, 0.6) is 23.0 Å². The molecule has 10 nitrogen and oxygen atoms in total. The van der Waals surface area contributed by atoms with Crippen LogP contribution in [0.1, 0.15) is 50.8 Å². The van der Waals surface area contributed by atoms with E-state index < -0.39 is 18.0 Å². The van der Waals surface area contributed by atoms with Crippen molar-refractivity contribution < 1.29 is 33.3 Å². The van der Waals surface area contributed by atoms with Gasteiger partial charge in [0.15, 0.2) is 27.8 Å². The summed E-state index contributed by atoms with van der Waals surface area (Å²) in [4.78, 5) is 43.4. The minimum absolute atomic E-state index is 0.212. The fourth-order valence-corrected chi connectivity index (χ4v) is 5.52. The second-order valence-corrected chi connectivity index (χ2v) is 10.2. The number of thiazole rings is 1. The fraction of sp³-hybridized carbons (Fsp3) is 0.333. The van der Waals surface area contributed by atoms with Gasteiger partial charge in [0.05, 0.1) is 49.8 Å². The summed E-state index contributed by atoms with van der Waals surface area (Å²) < 4.78 is 29.0. The van der Waals surface area contributed by atoms with Gasteiger partial charge in [-0.2, -0.15) is 0 Å². The molecule has 0 amide bonds. The summed E-state index contributed by atoms with van der Waals surface area (Å²) in [7, 11) is 4.28. The number of hydrogen-bond donors (Lipinski definition) is 0. The lowest BCUT2D eigenvalue weighted by Crippen LogP contribution is -2.39. The van der Waals surface area contributed by atoms with Gasteiger partial charge in [-0.15, -0.1) is 0 Å². The van der Waals surface area contributed by atoms with Crippen LogP contribution in [-0.4, -0.2) is 44.4 Å². The van der Waals surface area contributed by atoms with Gasteiger partial charge >= 0.3 is 11.9 Å². The molecule has 0 fully saturated rings. The minimum Gasteiger partial charge on any atom is -0.493 e. The number of fused-ring (bicyclic) bond motifs is 1. The average Bonchev–Trinajstić information content (AvgIpc) is 3.26. The number of hydrogen-bond acceptors (Lipinski definition) is 10. The number of benzene rings is 2. The zero-order valence-corrected chi connectivity index (χ0v) is 24.6. The van der Waals surface area contributed by atoms with Crippen LogP contribution in [0.15, 0.2) is 57.5 Å². The molecule has 1 atom stereocenters. The predicted molar refractivity (Wildman–Crippen MR) is 153 cm³/mol. The second kappa shape index (κ2) is 12.9. The van der Waals surface area contributed by atoms with Crippen molar-refractivity contribution in [2.24, 2.45) is 4.99 Å². The number of rotatable bonds is 10. The molecule has 4 rings (SSSR count). The first-order chi connectivity index (χ1) is 19.7. The third kappa shape index (κ3) is 6.19. The zero-order valence-electron chi connectivity index (χ0n) is 23.8. The lowest BCUT2D eigenvalue weighted by molar-refractivity contribution is -0.136. The van der Waals surface area contributed by atoms with Crippen molar-refractivity contribution in [3.8, 4) is 23.0 Å². The predicted octanol–water partition coefficient (Wildman–Crippen LogP) is 3.53. The first-order valence-electron chi connectivity index (χ1n) is 13.0. The normalized spacial score (nSPS) is 14.7. The first kappa shape index (κ1) is 29.6. The van der Waals surface area contributed by atoms with E-state index in [2.05, 4.69) is 11.9 Å². The molecule has 3 aromatic rings. The maximum atomic E-state index is 13.9. The molecule has 0 aliphatic carbocycles. The summed E-state index contributed by atoms with van der Waals surface area (Å²) in [5, 5.41) is 0. The van der Waals surface area contributed by atoms with Gasteiger partial charge in [-0.3, -0.25) is 14.2 Å². The quantitative estimate of drug-likeness (QED) is 0.203. The minimum atomic E-state index is -0.856. The summed E-state index contributed by atoms with van der Waals surface area (Å²) in [5.74, 6) is 0.553. The third-order valence-electron chi connectivity index (χ3n) is 6.43. The smallest absolute Gasteiger partial charge is 0.338 e. The number of unbranched alkanes of at least 4 members (excludes halogenated alkanes) is 1. The van der Waals surface area contributed by atoms with E-state index in [0.717, 1.165) is 18.4 Å². The molecule has 1 aliphatic rings. The van der Waals surface area contributed by atoms with E-state index in [-0.39, 0.29) is 22.6 Å². The monoisotopic (exact) mass is 580 g/mol. The molecule has 1 aliphatic heterocycles. The van der Waals surface area contributed by atoms with Gasteiger partial charge in [-0.1, -0.05) is 36.8 Å². The molecule has 0 saturated carbocycles. The van der Waals surface area contributed by atoms with Crippen LogP contribution in [0.4, 0.5) is 0 Å². The van der Waals surface area contributed by atoms with Gasteiger partial charge in [0.25, 0.3) is 5.56 Å². The van der Waals surface area contributed by atoms with E-state index in [1.807, 2.05) is 12.1 Å². The SMILES string of the molecule is CCCCOc1ccc(/C=c2/sc3n(c2=O)[C@@H](c2ccc(OC(C)=O)c(OC)c2)C(C(=O)OC)=C(C)N=3)cc1OC. The molecule has 0 radical (unpaired) electrons. The molecule has 2 aromatic carbocycles. The second-order valence-electron chi connectivity index (χ2n) is 9.19. The van der Waals surface area contributed by atoms with Crippen LogP contribution < -0.4 is 33.8 Å². The Morgan fingerprint density at radius 3 is 2.39 bits per heavy atom. The van der Waals surface area contributed by atoms with Crippen molar-refractivity contribution in [2.45, 2.75) is 39.7 Å². The van der Waals surface area contributed by atoms with Gasteiger partial charge in [0.2, 0.25) is 0 Å². The standard InChI is InChI=1S/C30H32N2O8S/c1-7-8-13-39-21-11-9-19(14-23(21)36-4)15-25-28(34)32-27(26(29(35)38-6)17(2)31-30(32)41-25)20-10-12-22(40-18(3)33)24(16-20)37-5/h9-12,14-16,27H,7-8,13H2,1-6H3/b25-15+/t27-/m0/s1. The van der Waals surface area contributed by atoms with E-state index in [1.54, 1.807) is 44.4 Å². The van der Waals surface area contributed by atoms with Crippen molar-refractivity contribution in [3.63, 3.8) is 0 Å². The van der Waals surface area contributed by atoms with Crippen molar-refractivity contribution in [1.82, 2.24) is 4.57 Å². The van der Waals surface area contributed by atoms with Crippen molar-refractivity contribution >= 4 is 29.4 Å².